The molecule has 2 aromatic heterocycles. The van der Waals surface area contributed by atoms with E-state index in [1.807, 2.05) is 0 Å². The first-order valence-electron chi connectivity index (χ1n) is 16.5. The van der Waals surface area contributed by atoms with Crippen LogP contribution in [0, 0.1) is 0 Å². The number of fused-ring (bicyclic) bond motifs is 6. The number of hydrogen-bond acceptors (Lipinski definition) is 1. The van der Waals surface area contributed by atoms with Crippen molar-refractivity contribution in [3.63, 3.8) is 0 Å². The summed E-state index contributed by atoms with van der Waals surface area (Å²) in [4.78, 5) is 0. The van der Waals surface area contributed by atoms with Gasteiger partial charge in [-0.3, -0.25) is 0 Å². The summed E-state index contributed by atoms with van der Waals surface area (Å²) >= 11 is 0. The molecule has 2 nitrogen and oxygen atoms in total. The molecule has 48 heavy (non-hydrogen) atoms. The zero-order chi connectivity index (χ0) is 31.3. The van der Waals surface area contributed by atoms with Gasteiger partial charge in [0, 0.05) is 38.9 Å². The molecule has 0 aliphatic carbocycles. The third-order valence-corrected chi connectivity index (χ3v) is 10.3. The number of hydrogen-bond donors (Lipinski definition) is 0. The van der Waals surface area contributed by atoms with Gasteiger partial charge in [0.15, 0.2) is 0 Å². The minimum absolute atomic E-state index is 0.899. The second-order valence-electron chi connectivity index (χ2n) is 12.8. The van der Waals surface area contributed by atoms with Crippen molar-refractivity contribution in [3.8, 4) is 27.9 Å². The first-order valence-corrected chi connectivity index (χ1v) is 16.5. The van der Waals surface area contributed by atoms with Gasteiger partial charge in [-0.2, -0.15) is 0 Å². The summed E-state index contributed by atoms with van der Waals surface area (Å²) in [5, 5.41) is 12.5. The smallest absolute Gasteiger partial charge is 0.138 e. The Morgan fingerprint density at radius 2 is 0.979 bits per heavy atom. The van der Waals surface area contributed by atoms with Crippen LogP contribution < -0.4 is 0 Å². The van der Waals surface area contributed by atoms with Crippen molar-refractivity contribution in [1.29, 1.82) is 0 Å². The fourth-order valence-electron chi connectivity index (χ4n) is 8.35. The molecule has 222 valence electrons. The molecule has 0 aliphatic heterocycles. The summed E-state index contributed by atoms with van der Waals surface area (Å²) in [5.74, 6) is 0. The van der Waals surface area contributed by atoms with Gasteiger partial charge in [0.2, 0.25) is 0 Å². The van der Waals surface area contributed by atoms with Crippen LogP contribution >= 0.6 is 0 Å². The first-order chi connectivity index (χ1) is 23.8. The van der Waals surface area contributed by atoms with Gasteiger partial charge in [-0.05, 0) is 73.3 Å². The normalized spacial score (nSPS) is 12.2. The number of nitrogens with zero attached hydrogens (tertiary/aromatic N) is 1. The molecule has 0 unspecified atom stereocenters. The van der Waals surface area contributed by atoms with Crippen LogP contribution in [0.3, 0.4) is 0 Å². The molecule has 2 heteroatoms. The molecule has 11 aromatic rings. The summed E-state index contributed by atoms with van der Waals surface area (Å²) in [7, 11) is 0. The summed E-state index contributed by atoms with van der Waals surface area (Å²) in [6.45, 7) is 0. The molecule has 0 fully saturated rings. The molecular weight excluding hydrogens is 583 g/mol. The van der Waals surface area contributed by atoms with Crippen LogP contribution in [-0.4, -0.2) is 4.57 Å². The van der Waals surface area contributed by atoms with Crippen LogP contribution in [0.5, 0.6) is 0 Å². The van der Waals surface area contributed by atoms with E-state index in [0.29, 0.717) is 0 Å². The summed E-state index contributed by atoms with van der Waals surface area (Å²) in [6.07, 6.45) is 0. The Kier molecular flexibility index (Phi) is 5.14. The van der Waals surface area contributed by atoms with Gasteiger partial charge >= 0.3 is 0 Å². The summed E-state index contributed by atoms with van der Waals surface area (Å²) in [6, 6.07) is 59.4. The lowest BCUT2D eigenvalue weighted by atomic mass is 9.85. The monoisotopic (exact) mass is 609 g/mol. The van der Waals surface area contributed by atoms with Crippen LogP contribution in [0.1, 0.15) is 0 Å². The quantitative estimate of drug-likeness (QED) is 0.182. The summed E-state index contributed by atoms with van der Waals surface area (Å²) < 4.78 is 9.08. The molecule has 0 N–H and O–H groups in total. The Labute approximate surface area is 276 Å². The number of rotatable bonds is 3. The van der Waals surface area contributed by atoms with Crippen molar-refractivity contribution in [2.75, 3.05) is 0 Å². The van der Waals surface area contributed by atoms with E-state index >= 15 is 0 Å². The maximum Gasteiger partial charge on any atom is 0.138 e. The van der Waals surface area contributed by atoms with Crippen molar-refractivity contribution < 1.29 is 4.42 Å². The van der Waals surface area contributed by atoms with Gasteiger partial charge in [0.1, 0.15) is 11.2 Å². The Morgan fingerprint density at radius 1 is 0.375 bits per heavy atom. The Bertz CT molecular complexity index is 3040. The van der Waals surface area contributed by atoms with E-state index in [0.717, 1.165) is 33.1 Å². The maximum absolute atomic E-state index is 6.69. The lowest BCUT2D eigenvalue weighted by Gasteiger charge is -2.17. The zero-order valence-corrected chi connectivity index (χ0v) is 25.9. The number of para-hydroxylation sites is 3. The predicted molar refractivity (Wildman–Crippen MR) is 203 cm³/mol. The molecule has 0 atom stereocenters. The summed E-state index contributed by atoms with van der Waals surface area (Å²) in [5.41, 5.74) is 10.2. The predicted octanol–water partition coefficient (Wildman–Crippen LogP) is 12.9. The van der Waals surface area contributed by atoms with Gasteiger partial charge < -0.3 is 8.98 Å². The minimum atomic E-state index is 0.899. The number of aromatic nitrogens is 1. The molecule has 0 bridgehead atoms. The first kappa shape index (κ1) is 25.8. The lowest BCUT2D eigenvalue weighted by Crippen LogP contribution is -1.94. The standard InChI is InChI=1S/C46H27NO/c1-3-11-28(12-4-1)32-23-19-29-21-25-34-35(26-22-30-20-24-33(32)42(29)43(30)34)46-44-36-15-7-9-17-38(36)47(31-13-5-2-6-14-31)39(44)27-41-45(46)37-16-8-10-18-40(37)48-41/h1-27H. The maximum atomic E-state index is 6.69. The Balaban J connectivity index is 1.35. The highest BCUT2D eigenvalue weighted by molar-refractivity contribution is 6.32. The topological polar surface area (TPSA) is 18.1 Å². The molecule has 0 saturated heterocycles. The van der Waals surface area contributed by atoms with Crippen LogP contribution in [0.2, 0.25) is 0 Å². The van der Waals surface area contributed by atoms with Crippen molar-refractivity contribution in [2.45, 2.75) is 0 Å². The van der Waals surface area contributed by atoms with Crippen LogP contribution in [-0.2, 0) is 0 Å². The third kappa shape index (κ3) is 3.41. The molecule has 11 rings (SSSR count). The van der Waals surface area contributed by atoms with Gasteiger partial charge in [-0.15, -0.1) is 0 Å². The SMILES string of the molecule is c1ccc(-c2ccc3ccc4c(-c5c6c(cc7c5c5ccccc5n7-c5ccccc5)oc5ccccc56)ccc5ccc2c3c54)cc1. The van der Waals surface area contributed by atoms with E-state index in [2.05, 4.69) is 168 Å². The van der Waals surface area contributed by atoms with Crippen molar-refractivity contribution >= 4 is 76.1 Å². The molecule has 0 spiro atoms. The van der Waals surface area contributed by atoms with Crippen LogP contribution in [0.25, 0.3) is 104 Å². The molecule has 0 amide bonds. The van der Waals surface area contributed by atoms with E-state index < -0.39 is 0 Å². The fourth-order valence-corrected chi connectivity index (χ4v) is 8.35. The number of furan rings is 1. The van der Waals surface area contributed by atoms with Crippen molar-refractivity contribution in [3.05, 3.63) is 164 Å². The molecule has 0 radical (unpaired) electrons. The van der Waals surface area contributed by atoms with E-state index in [1.54, 1.807) is 0 Å². The van der Waals surface area contributed by atoms with Crippen LogP contribution in [0.15, 0.2) is 168 Å². The fraction of sp³-hybridized carbons (Fsp3) is 0. The highest BCUT2D eigenvalue weighted by atomic mass is 16.3. The molecule has 2 heterocycles. The molecule has 9 aromatic carbocycles. The van der Waals surface area contributed by atoms with Crippen molar-refractivity contribution in [2.24, 2.45) is 0 Å². The molecular formula is C46H27NO. The van der Waals surface area contributed by atoms with Gasteiger partial charge in [0.05, 0.1) is 11.0 Å². The molecule has 0 saturated carbocycles. The second kappa shape index (κ2) is 9.57. The number of benzene rings is 9. The Morgan fingerprint density at radius 3 is 1.75 bits per heavy atom. The van der Waals surface area contributed by atoms with Crippen molar-refractivity contribution in [1.82, 2.24) is 4.57 Å². The minimum Gasteiger partial charge on any atom is -0.456 e. The zero-order valence-electron chi connectivity index (χ0n) is 25.9. The largest absolute Gasteiger partial charge is 0.456 e. The lowest BCUT2D eigenvalue weighted by molar-refractivity contribution is 0.669. The second-order valence-corrected chi connectivity index (χ2v) is 12.8. The van der Waals surface area contributed by atoms with Gasteiger partial charge in [0.25, 0.3) is 0 Å². The van der Waals surface area contributed by atoms with E-state index in [-0.39, 0.29) is 0 Å². The van der Waals surface area contributed by atoms with E-state index in [9.17, 15) is 0 Å². The third-order valence-electron chi connectivity index (χ3n) is 10.3. The highest BCUT2D eigenvalue weighted by Crippen LogP contribution is 2.49. The average Bonchev–Trinajstić information content (AvgIpc) is 3.69. The van der Waals surface area contributed by atoms with E-state index in [1.165, 1.54) is 70.9 Å². The highest BCUT2D eigenvalue weighted by Gasteiger charge is 2.24. The van der Waals surface area contributed by atoms with Gasteiger partial charge in [-0.1, -0.05) is 133 Å². The average molecular weight is 610 g/mol. The Hall–Kier alpha value is -6.38. The van der Waals surface area contributed by atoms with Gasteiger partial charge in [-0.25, -0.2) is 0 Å². The van der Waals surface area contributed by atoms with E-state index in [4.69, 9.17) is 4.42 Å². The van der Waals surface area contributed by atoms with Crippen LogP contribution in [0.4, 0.5) is 0 Å². The molecule has 0 aliphatic rings.